The quantitative estimate of drug-likeness (QED) is 0.904. The Labute approximate surface area is 129 Å². The van der Waals surface area contributed by atoms with Crippen molar-refractivity contribution >= 4 is 5.91 Å². The first-order valence-electron chi connectivity index (χ1n) is 7.48. The van der Waals surface area contributed by atoms with Crippen LogP contribution in [0.25, 0.3) is 5.69 Å². The van der Waals surface area contributed by atoms with E-state index in [0.717, 1.165) is 5.69 Å². The number of benzene rings is 1. The van der Waals surface area contributed by atoms with Gasteiger partial charge in [-0.1, -0.05) is 6.07 Å². The number of amides is 1. The number of hydrogen-bond acceptors (Lipinski definition) is 3. The molecule has 1 fully saturated rings. The Hall–Kier alpha value is -2.11. The molecule has 1 saturated heterocycles. The second kappa shape index (κ2) is 6.34. The molecule has 0 unspecified atom stereocenters. The average Bonchev–Trinajstić information content (AvgIpc) is 3.08. The Balaban J connectivity index is 1.66. The smallest absolute Gasteiger partial charge is 0.251 e. The molecule has 3 rings (SSSR count). The normalized spacial score (nSPS) is 17.1. The molecule has 5 nitrogen and oxygen atoms in total. The van der Waals surface area contributed by atoms with Gasteiger partial charge in [-0.2, -0.15) is 0 Å². The van der Waals surface area contributed by atoms with Gasteiger partial charge in [0.2, 0.25) is 0 Å². The van der Waals surface area contributed by atoms with Crippen molar-refractivity contribution < 1.29 is 14.6 Å². The lowest BCUT2D eigenvalue weighted by Gasteiger charge is -2.32. The molecule has 0 bridgehead atoms. The van der Waals surface area contributed by atoms with Gasteiger partial charge in [0.1, 0.15) is 0 Å². The molecular weight excluding hydrogens is 280 g/mol. The zero-order valence-electron chi connectivity index (χ0n) is 12.4. The highest BCUT2D eigenvalue weighted by Crippen LogP contribution is 2.19. The maximum absolute atomic E-state index is 12.3. The number of carbonyl (C=O) groups is 1. The lowest BCUT2D eigenvalue weighted by molar-refractivity contribution is -0.0605. The molecule has 0 spiro atoms. The Bertz CT molecular complexity index is 631. The van der Waals surface area contributed by atoms with E-state index in [1.807, 2.05) is 47.3 Å². The van der Waals surface area contributed by atoms with Crippen LogP contribution in [0, 0.1) is 0 Å². The van der Waals surface area contributed by atoms with Gasteiger partial charge in [-0.3, -0.25) is 4.79 Å². The van der Waals surface area contributed by atoms with E-state index in [-0.39, 0.29) is 12.5 Å². The predicted octanol–water partition coefficient (Wildman–Crippen LogP) is 1.75. The maximum atomic E-state index is 12.3. The highest BCUT2D eigenvalue weighted by Gasteiger charge is 2.30. The summed E-state index contributed by atoms with van der Waals surface area (Å²) in [5, 5.41) is 13.2. The third kappa shape index (κ3) is 3.37. The Morgan fingerprint density at radius 3 is 2.68 bits per heavy atom. The average molecular weight is 300 g/mol. The van der Waals surface area contributed by atoms with Crippen molar-refractivity contribution in [1.29, 1.82) is 0 Å². The number of nitrogens with zero attached hydrogens (tertiary/aromatic N) is 1. The summed E-state index contributed by atoms with van der Waals surface area (Å²) in [5.74, 6) is -0.172. The van der Waals surface area contributed by atoms with Gasteiger partial charge in [-0.25, -0.2) is 0 Å². The third-order valence-electron chi connectivity index (χ3n) is 4.01. The van der Waals surface area contributed by atoms with Gasteiger partial charge in [-0.05, 0) is 30.3 Å². The van der Waals surface area contributed by atoms with E-state index in [2.05, 4.69) is 5.32 Å². The van der Waals surface area contributed by atoms with E-state index in [0.29, 0.717) is 31.6 Å². The van der Waals surface area contributed by atoms with Crippen LogP contribution in [0.15, 0.2) is 48.8 Å². The van der Waals surface area contributed by atoms with Crippen LogP contribution < -0.4 is 5.32 Å². The molecule has 1 aromatic carbocycles. The van der Waals surface area contributed by atoms with Crippen molar-refractivity contribution in [2.24, 2.45) is 0 Å². The van der Waals surface area contributed by atoms with Gasteiger partial charge in [0.15, 0.2) is 0 Å². The molecule has 116 valence electrons. The first-order valence-corrected chi connectivity index (χ1v) is 7.48. The molecule has 1 amide bonds. The first kappa shape index (κ1) is 14.8. The van der Waals surface area contributed by atoms with Crippen molar-refractivity contribution in [2.75, 3.05) is 19.8 Å². The number of aliphatic hydroxyl groups is 1. The number of hydrogen-bond donors (Lipinski definition) is 2. The van der Waals surface area contributed by atoms with Crippen molar-refractivity contribution in [3.8, 4) is 5.69 Å². The van der Waals surface area contributed by atoms with Gasteiger partial charge in [-0.15, -0.1) is 0 Å². The summed E-state index contributed by atoms with van der Waals surface area (Å²) in [6.45, 7) is 1.33. The summed E-state index contributed by atoms with van der Waals surface area (Å²) in [5.41, 5.74) is 0.663. The van der Waals surface area contributed by atoms with E-state index in [9.17, 15) is 9.90 Å². The van der Waals surface area contributed by atoms with Crippen LogP contribution in [0.4, 0.5) is 0 Å². The van der Waals surface area contributed by atoms with Crippen LogP contribution >= 0.6 is 0 Å². The summed E-state index contributed by atoms with van der Waals surface area (Å²) in [6.07, 6.45) is 4.97. The summed E-state index contributed by atoms with van der Waals surface area (Å²) in [7, 11) is 0. The van der Waals surface area contributed by atoms with Crippen molar-refractivity contribution in [1.82, 2.24) is 9.88 Å². The first-order chi connectivity index (χ1) is 10.7. The van der Waals surface area contributed by atoms with Crippen molar-refractivity contribution in [3.05, 3.63) is 54.4 Å². The lowest BCUT2D eigenvalue weighted by Crippen LogP contribution is -2.46. The Morgan fingerprint density at radius 1 is 1.23 bits per heavy atom. The molecule has 0 aliphatic carbocycles. The molecule has 1 aliphatic heterocycles. The van der Waals surface area contributed by atoms with Crippen LogP contribution in [0.1, 0.15) is 23.2 Å². The largest absolute Gasteiger partial charge is 0.388 e. The zero-order valence-corrected chi connectivity index (χ0v) is 12.4. The number of nitrogens with one attached hydrogen (secondary N) is 1. The summed E-state index contributed by atoms with van der Waals surface area (Å²) >= 11 is 0. The number of aromatic nitrogens is 1. The number of ether oxygens (including phenoxy) is 1. The van der Waals surface area contributed by atoms with Crippen LogP contribution in [0.5, 0.6) is 0 Å². The second-order valence-electron chi connectivity index (χ2n) is 5.66. The number of rotatable bonds is 4. The monoisotopic (exact) mass is 300 g/mol. The van der Waals surface area contributed by atoms with Gasteiger partial charge < -0.3 is 19.7 Å². The zero-order chi connectivity index (χ0) is 15.4. The highest BCUT2D eigenvalue weighted by molar-refractivity contribution is 5.94. The molecule has 22 heavy (non-hydrogen) atoms. The van der Waals surface area contributed by atoms with Crippen LogP contribution in [-0.4, -0.2) is 40.9 Å². The molecule has 0 atom stereocenters. The predicted molar refractivity (Wildman–Crippen MR) is 83.1 cm³/mol. The Morgan fingerprint density at radius 2 is 1.95 bits per heavy atom. The molecule has 1 aliphatic rings. The molecule has 2 heterocycles. The van der Waals surface area contributed by atoms with Crippen molar-refractivity contribution in [3.63, 3.8) is 0 Å². The van der Waals surface area contributed by atoms with Crippen molar-refractivity contribution in [2.45, 2.75) is 18.4 Å². The SMILES string of the molecule is O=C(NCC1(O)CCOCC1)c1cccc(-n2cccc2)c1. The van der Waals surface area contributed by atoms with E-state index in [4.69, 9.17) is 4.74 Å². The fraction of sp³-hybridized carbons (Fsp3) is 0.353. The standard InChI is InChI=1S/C17H20N2O3/c20-16(18-13-17(21)6-10-22-11-7-17)14-4-3-5-15(12-14)19-8-1-2-9-19/h1-5,8-9,12,21H,6-7,10-11,13H2,(H,18,20). The molecule has 2 aromatic rings. The topological polar surface area (TPSA) is 63.5 Å². The second-order valence-corrected chi connectivity index (χ2v) is 5.66. The van der Waals surface area contributed by atoms with Crippen LogP contribution in [0.3, 0.4) is 0 Å². The minimum absolute atomic E-state index is 0.172. The lowest BCUT2D eigenvalue weighted by atomic mass is 9.94. The third-order valence-corrected chi connectivity index (χ3v) is 4.01. The summed E-state index contributed by atoms with van der Waals surface area (Å²) in [4.78, 5) is 12.3. The van der Waals surface area contributed by atoms with Gasteiger partial charge in [0, 0.05) is 56.2 Å². The maximum Gasteiger partial charge on any atom is 0.251 e. The molecule has 2 N–H and O–H groups in total. The van der Waals surface area contributed by atoms with Crippen LogP contribution in [-0.2, 0) is 4.74 Å². The molecular formula is C17H20N2O3. The minimum Gasteiger partial charge on any atom is -0.388 e. The van der Waals surface area contributed by atoms with E-state index in [1.165, 1.54) is 0 Å². The molecule has 0 radical (unpaired) electrons. The van der Waals surface area contributed by atoms with Gasteiger partial charge in [0.05, 0.1) is 5.60 Å². The number of carbonyl (C=O) groups excluding carboxylic acids is 1. The van der Waals surface area contributed by atoms with Gasteiger partial charge in [0.25, 0.3) is 5.91 Å². The van der Waals surface area contributed by atoms with Gasteiger partial charge >= 0.3 is 0 Å². The highest BCUT2D eigenvalue weighted by atomic mass is 16.5. The molecule has 1 aromatic heterocycles. The minimum atomic E-state index is -0.855. The summed E-state index contributed by atoms with van der Waals surface area (Å²) < 4.78 is 7.19. The Kier molecular flexibility index (Phi) is 4.27. The fourth-order valence-electron chi connectivity index (χ4n) is 2.59. The van der Waals surface area contributed by atoms with E-state index in [1.54, 1.807) is 6.07 Å². The van der Waals surface area contributed by atoms with E-state index >= 15 is 0 Å². The van der Waals surface area contributed by atoms with Crippen LogP contribution in [0.2, 0.25) is 0 Å². The fourth-order valence-corrected chi connectivity index (χ4v) is 2.59. The molecule has 5 heteroatoms. The molecule has 0 saturated carbocycles. The van der Waals surface area contributed by atoms with E-state index < -0.39 is 5.60 Å². The summed E-state index contributed by atoms with van der Waals surface area (Å²) in [6, 6.07) is 11.3.